The number of likely N-dealkylation sites (N-methyl/N-ethyl adjacent to an activating group) is 1. The lowest BCUT2D eigenvalue weighted by Crippen LogP contribution is -2.53. The van der Waals surface area contributed by atoms with Crippen molar-refractivity contribution in [2.45, 2.75) is 31.8 Å². The molecule has 5 heterocycles. The van der Waals surface area contributed by atoms with E-state index in [9.17, 15) is 20.0 Å². The molecule has 0 bridgehead atoms. The van der Waals surface area contributed by atoms with Crippen molar-refractivity contribution < 1.29 is 14.6 Å². The highest BCUT2D eigenvalue weighted by Crippen LogP contribution is 2.44. The van der Waals surface area contributed by atoms with Gasteiger partial charge < -0.3 is 14.7 Å². The third kappa shape index (κ3) is 4.97. The summed E-state index contributed by atoms with van der Waals surface area (Å²) in [6.45, 7) is 4.42. The minimum atomic E-state index is -1.05. The SMILES string of the molecule is Cc1nc2cnc(N3CCN(C)C4(CC4)C3)c(C#N)c2c(=O)n1CCOc1ccc(Cl)cc1-c1ccnc2c(C(=O)O)csc12. The van der Waals surface area contributed by atoms with Crippen molar-refractivity contribution in [1.82, 2.24) is 24.4 Å². The first kappa shape index (κ1) is 29.2. The summed E-state index contributed by atoms with van der Waals surface area (Å²) in [4.78, 5) is 43.7. The first-order chi connectivity index (χ1) is 21.7. The van der Waals surface area contributed by atoms with Crippen LogP contribution in [0, 0.1) is 18.3 Å². The van der Waals surface area contributed by atoms with Gasteiger partial charge in [0.25, 0.3) is 5.56 Å². The molecule has 13 heteroatoms. The fraction of sp³-hybridized carbons (Fsp3) is 0.312. The lowest BCUT2D eigenvalue weighted by atomic mass is 10.0. The van der Waals surface area contributed by atoms with Crippen molar-refractivity contribution in [1.29, 1.82) is 5.26 Å². The van der Waals surface area contributed by atoms with Gasteiger partial charge in [0, 0.05) is 52.9 Å². The monoisotopic (exact) mass is 641 g/mol. The van der Waals surface area contributed by atoms with E-state index in [1.807, 2.05) is 0 Å². The zero-order valence-corrected chi connectivity index (χ0v) is 26.2. The number of aromatic carboxylic acids is 1. The number of aryl methyl sites for hydroxylation is 1. The van der Waals surface area contributed by atoms with E-state index in [0.29, 0.717) is 43.7 Å². The Kier molecular flexibility index (Phi) is 7.19. The first-order valence-electron chi connectivity index (χ1n) is 14.5. The van der Waals surface area contributed by atoms with Crippen LogP contribution in [0.15, 0.2) is 46.8 Å². The predicted octanol–water partition coefficient (Wildman–Crippen LogP) is 4.96. The van der Waals surface area contributed by atoms with E-state index in [2.05, 4.69) is 37.9 Å². The van der Waals surface area contributed by atoms with E-state index in [4.69, 9.17) is 16.3 Å². The number of piperazine rings is 1. The van der Waals surface area contributed by atoms with Gasteiger partial charge in [-0.2, -0.15) is 5.26 Å². The standard InChI is InChI=1S/C32H28ClN7O4S/c1-18-37-24-15-36-29(39-10-9-38(2)32(17-39)6-7-32)22(14-34)26(24)30(41)40(18)11-12-44-25-4-3-19(33)13-21(25)20-5-8-35-27-23(31(42)43)16-45-28(20)27/h3-5,8,13,15-16H,6-7,9-12,17H2,1-2H3,(H,42,43). The fourth-order valence-corrected chi connectivity index (χ4v) is 7.43. The molecule has 1 aromatic carbocycles. The summed E-state index contributed by atoms with van der Waals surface area (Å²) in [5.41, 5.74) is 2.39. The molecule has 0 radical (unpaired) electrons. The molecule has 0 amide bonds. The Hall–Kier alpha value is -4.57. The highest BCUT2D eigenvalue weighted by atomic mass is 35.5. The molecule has 0 unspecified atom stereocenters. The normalized spacial score (nSPS) is 15.9. The van der Waals surface area contributed by atoms with Crippen LogP contribution in [-0.4, -0.2) is 74.3 Å². The number of aromatic nitrogens is 4. The highest BCUT2D eigenvalue weighted by Gasteiger charge is 2.50. The number of anilines is 1. The summed E-state index contributed by atoms with van der Waals surface area (Å²) in [5, 5.41) is 22.1. The zero-order valence-electron chi connectivity index (χ0n) is 24.6. The van der Waals surface area contributed by atoms with Gasteiger partial charge in [-0.05, 0) is 51.1 Å². The number of nitrogens with zero attached hydrogens (tertiary/aromatic N) is 7. The van der Waals surface area contributed by atoms with Gasteiger partial charge in [0.2, 0.25) is 0 Å². The molecule has 1 aliphatic heterocycles. The van der Waals surface area contributed by atoms with Gasteiger partial charge in [-0.15, -0.1) is 11.3 Å². The Morgan fingerprint density at radius 3 is 2.80 bits per heavy atom. The number of hydrogen-bond donors (Lipinski definition) is 1. The van der Waals surface area contributed by atoms with Gasteiger partial charge in [-0.1, -0.05) is 11.6 Å². The number of benzene rings is 1. The maximum absolute atomic E-state index is 13.9. The van der Waals surface area contributed by atoms with Crippen molar-refractivity contribution >= 4 is 55.8 Å². The van der Waals surface area contributed by atoms with Gasteiger partial charge in [-0.3, -0.25) is 19.2 Å². The van der Waals surface area contributed by atoms with Crippen molar-refractivity contribution in [3.8, 4) is 22.9 Å². The van der Waals surface area contributed by atoms with Crippen LogP contribution in [0.5, 0.6) is 5.75 Å². The molecule has 4 aromatic heterocycles. The Labute approximate surface area is 266 Å². The molecule has 11 nitrogen and oxygen atoms in total. The molecule has 2 fully saturated rings. The lowest BCUT2D eigenvalue weighted by Gasteiger charge is -2.41. The number of fused-ring (bicyclic) bond motifs is 2. The first-order valence-corrected chi connectivity index (χ1v) is 15.8. The van der Waals surface area contributed by atoms with Gasteiger partial charge in [0.15, 0.2) is 0 Å². The van der Waals surface area contributed by atoms with Crippen LogP contribution in [-0.2, 0) is 6.54 Å². The average molecular weight is 642 g/mol. The molecule has 1 saturated carbocycles. The number of carbonyl (C=O) groups is 1. The Balaban J connectivity index is 1.20. The quantitative estimate of drug-likeness (QED) is 0.259. The molecule has 0 atom stereocenters. The molecule has 2 aliphatic rings. The minimum Gasteiger partial charge on any atom is -0.491 e. The number of hydrogen-bond acceptors (Lipinski definition) is 10. The maximum atomic E-state index is 13.9. The van der Waals surface area contributed by atoms with Gasteiger partial charge in [0.1, 0.15) is 35.6 Å². The molecule has 1 N–H and O–H groups in total. The van der Waals surface area contributed by atoms with Crippen molar-refractivity contribution in [2.24, 2.45) is 0 Å². The van der Waals surface area contributed by atoms with Crippen LogP contribution in [0.25, 0.3) is 32.2 Å². The third-order valence-corrected chi connectivity index (χ3v) is 10.1. The van der Waals surface area contributed by atoms with Gasteiger partial charge >= 0.3 is 5.97 Å². The van der Waals surface area contributed by atoms with E-state index in [1.165, 1.54) is 15.9 Å². The van der Waals surface area contributed by atoms with Crippen LogP contribution in [0.4, 0.5) is 5.82 Å². The van der Waals surface area contributed by atoms with E-state index in [0.717, 1.165) is 38.0 Å². The summed E-state index contributed by atoms with van der Waals surface area (Å²) in [6.07, 6.45) is 5.38. The van der Waals surface area contributed by atoms with E-state index in [1.54, 1.807) is 49.0 Å². The van der Waals surface area contributed by atoms with E-state index >= 15 is 0 Å². The van der Waals surface area contributed by atoms with Crippen LogP contribution in [0.1, 0.15) is 34.6 Å². The molecule has 1 aliphatic carbocycles. The fourth-order valence-electron chi connectivity index (χ4n) is 6.23. The lowest BCUT2D eigenvalue weighted by molar-refractivity contribution is 0.0699. The summed E-state index contributed by atoms with van der Waals surface area (Å²) in [7, 11) is 2.14. The van der Waals surface area contributed by atoms with Crippen LogP contribution < -0.4 is 15.2 Å². The van der Waals surface area contributed by atoms with E-state index in [-0.39, 0.29) is 40.8 Å². The Morgan fingerprint density at radius 1 is 1.22 bits per heavy atom. The molecule has 228 valence electrons. The number of rotatable bonds is 7. The van der Waals surface area contributed by atoms with Gasteiger partial charge in [-0.25, -0.2) is 14.8 Å². The number of nitriles is 1. The molecule has 1 saturated heterocycles. The average Bonchev–Trinajstić information content (AvgIpc) is 3.66. The summed E-state index contributed by atoms with van der Waals surface area (Å²) >= 11 is 7.66. The number of carboxylic acid groups (broad SMARTS) is 1. The van der Waals surface area contributed by atoms with Crippen molar-refractivity contribution in [3.63, 3.8) is 0 Å². The summed E-state index contributed by atoms with van der Waals surface area (Å²) in [5.74, 6) is 0.489. The van der Waals surface area contributed by atoms with Crippen LogP contribution in [0.3, 0.4) is 0 Å². The van der Waals surface area contributed by atoms with Gasteiger partial charge in [0.05, 0.1) is 39.4 Å². The molecular weight excluding hydrogens is 614 g/mol. The topological polar surface area (TPSA) is 137 Å². The Bertz CT molecular complexity index is 2120. The van der Waals surface area contributed by atoms with E-state index < -0.39 is 5.97 Å². The van der Waals surface area contributed by atoms with Crippen LogP contribution >= 0.6 is 22.9 Å². The zero-order chi connectivity index (χ0) is 31.5. The molecular formula is C32H28ClN7O4S. The second-order valence-corrected chi connectivity index (χ2v) is 12.8. The number of ether oxygens (including phenoxy) is 1. The highest BCUT2D eigenvalue weighted by molar-refractivity contribution is 7.18. The van der Waals surface area contributed by atoms with Crippen molar-refractivity contribution in [3.05, 3.63) is 74.4 Å². The third-order valence-electron chi connectivity index (χ3n) is 8.90. The second kappa shape index (κ2) is 11.1. The maximum Gasteiger partial charge on any atom is 0.338 e. The van der Waals surface area contributed by atoms with Crippen LogP contribution in [0.2, 0.25) is 5.02 Å². The molecule has 7 rings (SSSR count). The Morgan fingerprint density at radius 2 is 2.04 bits per heavy atom. The molecule has 1 spiro atoms. The predicted molar refractivity (Wildman–Crippen MR) is 173 cm³/mol. The molecule has 5 aromatic rings. The largest absolute Gasteiger partial charge is 0.491 e. The summed E-state index contributed by atoms with van der Waals surface area (Å²) in [6, 6.07) is 9.28. The second-order valence-electron chi connectivity index (χ2n) is 11.5. The number of thiophene rings is 1. The summed E-state index contributed by atoms with van der Waals surface area (Å²) < 4.78 is 8.45. The smallest absolute Gasteiger partial charge is 0.338 e. The number of pyridine rings is 2. The minimum absolute atomic E-state index is 0.120. The number of carboxylic acids is 1. The van der Waals surface area contributed by atoms with Crippen molar-refractivity contribution in [2.75, 3.05) is 38.2 Å². The number of halogens is 1. The molecule has 45 heavy (non-hydrogen) atoms.